The Morgan fingerprint density at radius 2 is 1.43 bits per heavy atom. The molecule has 4 aliphatic rings. The van der Waals surface area contributed by atoms with E-state index in [1.54, 1.807) is 4.90 Å². The summed E-state index contributed by atoms with van der Waals surface area (Å²) in [6, 6.07) is 19.1. The van der Waals surface area contributed by atoms with Gasteiger partial charge in [-0.05, 0) is 74.0 Å². The van der Waals surface area contributed by atoms with Crippen LogP contribution in [-0.2, 0) is 25.7 Å². The van der Waals surface area contributed by atoms with Gasteiger partial charge in [-0.1, -0.05) is 48.5 Å². The minimum atomic E-state index is -0.475. The Bertz CT molecular complexity index is 1020. The minimum absolute atomic E-state index is 0.0649. The molecule has 0 atom stereocenters. The predicted molar refractivity (Wildman–Crippen MR) is 133 cm³/mol. The van der Waals surface area contributed by atoms with Crippen LogP contribution in [0.25, 0.3) is 0 Å². The van der Waals surface area contributed by atoms with Crippen LogP contribution in [0.2, 0.25) is 0 Å². The van der Waals surface area contributed by atoms with Crippen LogP contribution >= 0.6 is 0 Å². The Morgan fingerprint density at radius 3 is 2.03 bits per heavy atom. The molecule has 1 N–H and O–H groups in total. The molecule has 6 heteroatoms. The quantitative estimate of drug-likeness (QED) is 0.544. The van der Waals surface area contributed by atoms with Crippen LogP contribution in [0, 0.1) is 23.2 Å². The maximum atomic E-state index is 13.0. The van der Waals surface area contributed by atoms with E-state index in [2.05, 4.69) is 5.32 Å². The lowest BCUT2D eigenvalue weighted by atomic mass is 9.49. The number of hydrogen-bond acceptors (Lipinski definition) is 4. The summed E-state index contributed by atoms with van der Waals surface area (Å²) < 4.78 is 5.29. The van der Waals surface area contributed by atoms with E-state index in [9.17, 15) is 14.4 Å². The molecule has 2 aromatic carbocycles. The van der Waals surface area contributed by atoms with Gasteiger partial charge < -0.3 is 15.0 Å². The largest absolute Gasteiger partial charge is 0.455 e. The highest BCUT2D eigenvalue weighted by Gasteiger charge is 2.54. The van der Waals surface area contributed by atoms with E-state index in [0.29, 0.717) is 24.3 Å². The second kappa shape index (κ2) is 10.2. The fourth-order valence-electron chi connectivity index (χ4n) is 6.84. The van der Waals surface area contributed by atoms with Gasteiger partial charge in [0.2, 0.25) is 5.91 Å². The van der Waals surface area contributed by atoms with E-state index >= 15 is 0 Å². The zero-order chi connectivity index (χ0) is 24.3. The summed E-state index contributed by atoms with van der Waals surface area (Å²) in [5.41, 5.74) is 1.52. The van der Waals surface area contributed by atoms with Crippen molar-refractivity contribution in [1.82, 2.24) is 5.32 Å². The van der Waals surface area contributed by atoms with Crippen LogP contribution in [-0.4, -0.2) is 30.9 Å². The van der Waals surface area contributed by atoms with Crippen molar-refractivity contribution in [3.8, 4) is 0 Å². The van der Waals surface area contributed by atoms with E-state index in [-0.39, 0.29) is 36.8 Å². The van der Waals surface area contributed by atoms with Crippen LogP contribution in [0.1, 0.15) is 50.5 Å². The third-order valence-electron chi connectivity index (χ3n) is 8.04. The third-order valence-corrected chi connectivity index (χ3v) is 8.04. The molecule has 35 heavy (non-hydrogen) atoms. The first-order valence-corrected chi connectivity index (χ1v) is 12.8. The highest BCUT2D eigenvalue weighted by atomic mass is 16.5. The molecule has 4 fully saturated rings. The zero-order valence-electron chi connectivity index (χ0n) is 20.2. The van der Waals surface area contributed by atoms with Gasteiger partial charge in [-0.25, -0.2) is 0 Å². The van der Waals surface area contributed by atoms with Crippen LogP contribution in [0.5, 0.6) is 0 Å². The number of carbonyl (C=O) groups excluding carboxylic acids is 3. The number of para-hydroxylation sites is 1. The lowest BCUT2D eigenvalue weighted by Crippen LogP contribution is -2.53. The lowest BCUT2D eigenvalue weighted by Gasteiger charge is -2.55. The number of hydrogen-bond donors (Lipinski definition) is 1. The average Bonchev–Trinajstić information content (AvgIpc) is 2.86. The van der Waals surface area contributed by atoms with Gasteiger partial charge in [-0.2, -0.15) is 0 Å². The second-order valence-electron chi connectivity index (χ2n) is 10.7. The molecule has 0 spiro atoms. The number of ether oxygens (including phenoxy) is 1. The molecule has 4 aliphatic carbocycles. The van der Waals surface area contributed by atoms with Gasteiger partial charge >= 0.3 is 5.97 Å². The van der Waals surface area contributed by atoms with Crippen molar-refractivity contribution in [1.29, 1.82) is 0 Å². The fourth-order valence-corrected chi connectivity index (χ4v) is 6.84. The first-order chi connectivity index (χ1) is 17.0. The van der Waals surface area contributed by atoms with Crippen molar-refractivity contribution in [2.75, 3.05) is 18.1 Å². The topological polar surface area (TPSA) is 75.7 Å². The van der Waals surface area contributed by atoms with Crippen LogP contribution in [0.4, 0.5) is 5.69 Å². The zero-order valence-corrected chi connectivity index (χ0v) is 20.2. The van der Waals surface area contributed by atoms with Crippen molar-refractivity contribution in [2.24, 2.45) is 23.2 Å². The molecule has 0 aromatic heterocycles. The molecule has 0 aliphatic heterocycles. The van der Waals surface area contributed by atoms with Crippen molar-refractivity contribution >= 4 is 23.5 Å². The normalized spacial score (nSPS) is 26.2. The van der Waals surface area contributed by atoms with Crippen molar-refractivity contribution < 1.29 is 19.1 Å². The van der Waals surface area contributed by atoms with Crippen LogP contribution in [0.3, 0.4) is 0 Å². The van der Waals surface area contributed by atoms with E-state index in [1.165, 1.54) is 19.3 Å². The smallest absolute Gasteiger partial charge is 0.308 e. The van der Waals surface area contributed by atoms with Gasteiger partial charge in [-0.15, -0.1) is 0 Å². The SMILES string of the molecule is O=C(CCNC(=O)C12CC3CC(CC(C3)C1)C2)OCC(=O)N(Cc1ccccc1)c1ccccc1. The van der Waals surface area contributed by atoms with Crippen LogP contribution < -0.4 is 10.2 Å². The monoisotopic (exact) mass is 474 g/mol. The number of rotatable bonds is 9. The maximum Gasteiger partial charge on any atom is 0.308 e. The number of amides is 2. The van der Waals surface area contributed by atoms with Gasteiger partial charge in [0.05, 0.1) is 13.0 Å². The molecule has 0 heterocycles. The molecule has 4 bridgehead atoms. The van der Waals surface area contributed by atoms with Crippen molar-refractivity contribution in [3.05, 3.63) is 66.2 Å². The summed E-state index contributed by atoms with van der Waals surface area (Å²) in [6.07, 6.45) is 6.93. The molecular formula is C29H34N2O4. The van der Waals surface area contributed by atoms with Crippen molar-refractivity contribution in [2.45, 2.75) is 51.5 Å². The molecule has 0 radical (unpaired) electrons. The number of nitrogens with one attached hydrogen (secondary N) is 1. The number of esters is 1. The molecule has 0 saturated heterocycles. The Balaban J connectivity index is 1.10. The molecular weight excluding hydrogens is 440 g/mol. The van der Waals surface area contributed by atoms with E-state index in [1.807, 2.05) is 60.7 Å². The summed E-state index contributed by atoms with van der Waals surface area (Å²) in [5.74, 6) is 1.45. The summed E-state index contributed by atoms with van der Waals surface area (Å²) in [4.78, 5) is 40.0. The number of anilines is 1. The average molecular weight is 475 g/mol. The number of nitrogens with zero attached hydrogens (tertiary/aromatic N) is 1. The maximum absolute atomic E-state index is 13.0. The summed E-state index contributed by atoms with van der Waals surface area (Å²) in [6.45, 7) is 0.311. The molecule has 6 nitrogen and oxygen atoms in total. The van der Waals surface area contributed by atoms with Gasteiger partial charge in [-0.3, -0.25) is 14.4 Å². The summed E-state index contributed by atoms with van der Waals surface area (Å²) in [7, 11) is 0. The number of carbonyl (C=O) groups is 3. The molecule has 184 valence electrons. The Hall–Kier alpha value is -3.15. The van der Waals surface area contributed by atoms with E-state index in [4.69, 9.17) is 4.74 Å². The second-order valence-corrected chi connectivity index (χ2v) is 10.7. The van der Waals surface area contributed by atoms with Crippen molar-refractivity contribution in [3.63, 3.8) is 0 Å². The fraction of sp³-hybridized carbons (Fsp3) is 0.483. The molecule has 2 aromatic rings. The molecule has 6 rings (SSSR count). The molecule has 4 saturated carbocycles. The number of benzene rings is 2. The van der Waals surface area contributed by atoms with Gasteiger partial charge in [0.25, 0.3) is 5.91 Å². The first kappa shape index (κ1) is 23.6. The predicted octanol–water partition coefficient (Wildman–Crippen LogP) is 4.49. The highest BCUT2D eigenvalue weighted by Crippen LogP contribution is 2.60. The Kier molecular flexibility index (Phi) is 6.89. The summed E-state index contributed by atoms with van der Waals surface area (Å²) in [5, 5.41) is 3.00. The summed E-state index contributed by atoms with van der Waals surface area (Å²) >= 11 is 0. The van der Waals surface area contributed by atoms with E-state index in [0.717, 1.165) is 30.5 Å². The first-order valence-electron chi connectivity index (χ1n) is 12.8. The Morgan fingerprint density at radius 1 is 0.857 bits per heavy atom. The standard InChI is InChI=1S/C29H34N2O4/c32-26(31(25-9-5-2-6-10-25)19-21-7-3-1-4-8-21)20-35-27(33)11-12-30-28(34)29-16-22-13-23(17-29)15-24(14-22)18-29/h1-10,22-24H,11-20H2,(H,30,34). The van der Waals surface area contributed by atoms with Gasteiger partial charge in [0.15, 0.2) is 6.61 Å². The minimum Gasteiger partial charge on any atom is -0.455 e. The van der Waals surface area contributed by atoms with Gasteiger partial charge in [0, 0.05) is 17.6 Å². The third kappa shape index (κ3) is 5.42. The van der Waals surface area contributed by atoms with Crippen LogP contribution in [0.15, 0.2) is 60.7 Å². The van der Waals surface area contributed by atoms with Gasteiger partial charge in [0.1, 0.15) is 0 Å². The molecule has 0 unspecified atom stereocenters. The molecule has 2 amide bonds. The van der Waals surface area contributed by atoms with E-state index < -0.39 is 5.97 Å². The Labute approximate surface area is 207 Å². The highest BCUT2D eigenvalue weighted by molar-refractivity contribution is 5.95. The lowest BCUT2D eigenvalue weighted by molar-refractivity contribution is -0.149.